The van der Waals surface area contributed by atoms with Gasteiger partial charge in [0.05, 0.1) is 19.4 Å². The summed E-state index contributed by atoms with van der Waals surface area (Å²) in [5.41, 5.74) is 1.71. The normalized spacial score (nSPS) is 13.0. The van der Waals surface area contributed by atoms with E-state index in [1.165, 1.54) is 0 Å². The van der Waals surface area contributed by atoms with Crippen LogP contribution >= 0.6 is 0 Å². The van der Waals surface area contributed by atoms with E-state index in [9.17, 15) is 10.0 Å². The smallest absolute Gasteiger partial charge is 0.304 e. The Morgan fingerprint density at radius 1 is 1.39 bits per heavy atom. The Kier molecular flexibility index (Phi) is 4.38. The molecule has 0 bridgehead atoms. The maximum atomic E-state index is 11.0. The number of rotatable bonds is 5. The second-order valence-corrected chi connectivity index (χ2v) is 5.32. The van der Waals surface area contributed by atoms with Gasteiger partial charge in [0.15, 0.2) is 5.69 Å². The fourth-order valence-corrected chi connectivity index (χ4v) is 2.39. The molecule has 1 heterocycles. The first kappa shape index (κ1) is 14.5. The second-order valence-electron chi connectivity index (χ2n) is 5.32. The van der Waals surface area contributed by atoms with Crippen LogP contribution in [0.25, 0.3) is 0 Å². The van der Waals surface area contributed by atoms with Gasteiger partial charge in [0.2, 0.25) is 0 Å². The van der Waals surface area contributed by atoms with Gasteiger partial charge in [-0.2, -0.15) is 0 Å². The van der Waals surface area contributed by atoms with Crippen LogP contribution < -0.4 is 4.57 Å². The van der Waals surface area contributed by atoms with Crippen LogP contribution in [0.3, 0.4) is 0 Å². The van der Waals surface area contributed by atoms with Crippen molar-refractivity contribution in [1.29, 1.82) is 0 Å². The van der Waals surface area contributed by atoms with Gasteiger partial charge in [-0.05, 0) is 17.1 Å². The van der Waals surface area contributed by atoms with Crippen LogP contribution in [0.15, 0.2) is 0 Å². The third-order valence-electron chi connectivity index (χ3n) is 3.45. The molecule has 5 heteroatoms. The predicted molar refractivity (Wildman–Crippen MR) is 66.7 cm³/mol. The van der Waals surface area contributed by atoms with Gasteiger partial charge in [0, 0.05) is 13.8 Å². The first-order chi connectivity index (χ1) is 8.25. The molecule has 0 unspecified atom stereocenters. The molecular formula is C13H23N2O3+. The standard InChI is InChI=1S/C13H22N2O3/c1-8(2)6-11(7-12(16)17)13-14(5)9(3)10(4)15(13)18/h8,11H,6-7H2,1-5H3,(H-,16,17,18)/p+1/t11-/m1/s1. The third-order valence-corrected chi connectivity index (χ3v) is 3.45. The highest BCUT2D eigenvalue weighted by Gasteiger charge is 2.32. The molecule has 102 valence electrons. The molecule has 2 N–H and O–H groups in total. The highest BCUT2D eigenvalue weighted by molar-refractivity contribution is 5.67. The maximum Gasteiger partial charge on any atom is 0.304 e. The van der Waals surface area contributed by atoms with Crippen LogP contribution in [-0.4, -0.2) is 21.0 Å². The molecule has 1 aromatic rings. The maximum absolute atomic E-state index is 11.0. The van der Waals surface area contributed by atoms with Gasteiger partial charge in [0.25, 0.3) is 5.82 Å². The Bertz CT molecular complexity index is 424. The summed E-state index contributed by atoms with van der Waals surface area (Å²) in [6.07, 6.45) is 0.777. The van der Waals surface area contributed by atoms with Gasteiger partial charge < -0.3 is 10.3 Å². The summed E-state index contributed by atoms with van der Waals surface area (Å²) in [4.78, 5) is 11.0. The molecular weight excluding hydrogens is 232 g/mol. The van der Waals surface area contributed by atoms with Crippen molar-refractivity contribution in [3.05, 3.63) is 17.2 Å². The van der Waals surface area contributed by atoms with Crippen molar-refractivity contribution in [3.8, 4) is 0 Å². The lowest BCUT2D eigenvalue weighted by molar-refractivity contribution is -0.687. The summed E-state index contributed by atoms with van der Waals surface area (Å²) < 4.78 is 3.01. The topological polar surface area (TPSA) is 66.3 Å². The van der Waals surface area contributed by atoms with Crippen molar-refractivity contribution in [2.75, 3.05) is 0 Å². The van der Waals surface area contributed by atoms with E-state index in [1.807, 2.05) is 25.5 Å². The highest BCUT2D eigenvalue weighted by Crippen LogP contribution is 2.26. The first-order valence-electron chi connectivity index (χ1n) is 6.24. The summed E-state index contributed by atoms with van der Waals surface area (Å²) in [6.45, 7) is 7.85. The Hall–Kier alpha value is -1.52. The quantitative estimate of drug-likeness (QED) is 0.622. The van der Waals surface area contributed by atoms with Crippen LogP contribution in [0.2, 0.25) is 0 Å². The molecule has 0 aromatic carbocycles. The summed E-state index contributed by atoms with van der Waals surface area (Å²) in [6, 6.07) is 0. The molecule has 1 rings (SSSR count). The number of hydrogen-bond donors (Lipinski definition) is 2. The van der Waals surface area contributed by atoms with Crippen molar-refractivity contribution >= 4 is 5.97 Å². The molecule has 0 saturated heterocycles. The molecule has 0 aliphatic carbocycles. The van der Waals surface area contributed by atoms with Gasteiger partial charge >= 0.3 is 5.97 Å². The van der Waals surface area contributed by atoms with Crippen LogP contribution in [0.4, 0.5) is 0 Å². The Morgan fingerprint density at radius 2 is 1.94 bits per heavy atom. The summed E-state index contributed by atoms with van der Waals surface area (Å²) in [7, 11) is 1.86. The number of hydrogen-bond acceptors (Lipinski definition) is 2. The van der Waals surface area contributed by atoms with Gasteiger partial charge in [0.1, 0.15) is 5.69 Å². The third kappa shape index (κ3) is 2.83. The van der Waals surface area contributed by atoms with E-state index in [2.05, 4.69) is 13.8 Å². The summed E-state index contributed by atoms with van der Waals surface area (Å²) >= 11 is 0. The molecule has 0 aliphatic heterocycles. The molecule has 1 atom stereocenters. The highest BCUT2D eigenvalue weighted by atomic mass is 16.5. The van der Waals surface area contributed by atoms with Gasteiger partial charge in [-0.3, -0.25) is 4.79 Å². The fourth-order valence-electron chi connectivity index (χ4n) is 2.39. The molecule has 18 heavy (non-hydrogen) atoms. The van der Waals surface area contributed by atoms with Gasteiger partial charge in [-0.15, -0.1) is 0 Å². The number of carbonyl (C=O) groups is 1. The minimum Gasteiger partial charge on any atom is -0.481 e. The van der Waals surface area contributed by atoms with Crippen molar-refractivity contribution in [1.82, 2.24) is 4.73 Å². The zero-order valence-electron chi connectivity index (χ0n) is 11.8. The second kappa shape index (κ2) is 5.42. The Morgan fingerprint density at radius 3 is 2.28 bits per heavy atom. The lowest BCUT2D eigenvalue weighted by Gasteiger charge is -2.13. The zero-order chi connectivity index (χ0) is 14.0. The van der Waals surface area contributed by atoms with Crippen LogP contribution in [0.1, 0.15) is 49.8 Å². The first-order valence-corrected chi connectivity index (χ1v) is 6.24. The van der Waals surface area contributed by atoms with E-state index in [4.69, 9.17) is 5.11 Å². The Balaban J connectivity index is 3.20. The molecule has 0 amide bonds. The predicted octanol–water partition coefficient (Wildman–Crippen LogP) is 1.77. The molecule has 0 spiro atoms. The average molecular weight is 255 g/mol. The van der Waals surface area contributed by atoms with E-state index in [-0.39, 0.29) is 12.3 Å². The van der Waals surface area contributed by atoms with Crippen molar-refractivity contribution in [3.63, 3.8) is 0 Å². The van der Waals surface area contributed by atoms with Gasteiger partial charge in [-0.25, -0.2) is 4.57 Å². The summed E-state index contributed by atoms with van der Waals surface area (Å²) in [5, 5.41) is 19.1. The average Bonchev–Trinajstić information content (AvgIpc) is 2.41. The molecule has 0 saturated carbocycles. The zero-order valence-corrected chi connectivity index (χ0v) is 11.8. The van der Waals surface area contributed by atoms with Crippen LogP contribution in [0.5, 0.6) is 0 Å². The lowest BCUT2D eigenvalue weighted by atomic mass is 9.93. The van der Waals surface area contributed by atoms with E-state index in [0.717, 1.165) is 22.5 Å². The van der Waals surface area contributed by atoms with Crippen LogP contribution in [-0.2, 0) is 11.8 Å². The van der Waals surface area contributed by atoms with Crippen molar-refractivity contribution in [2.45, 2.75) is 46.5 Å². The molecule has 0 aliphatic rings. The van der Waals surface area contributed by atoms with E-state index in [0.29, 0.717) is 11.7 Å². The van der Waals surface area contributed by atoms with E-state index < -0.39 is 5.97 Å². The largest absolute Gasteiger partial charge is 0.481 e. The number of nitrogens with zero attached hydrogens (tertiary/aromatic N) is 2. The number of carboxylic acid groups (broad SMARTS) is 1. The number of aliphatic carboxylic acids is 1. The molecule has 0 fully saturated rings. The number of imidazole rings is 1. The van der Waals surface area contributed by atoms with Gasteiger partial charge in [-0.1, -0.05) is 13.8 Å². The SMILES string of the molecule is Cc1c(C)[n+](C)c([C@@H](CC(=O)O)CC(C)C)n1O. The van der Waals surface area contributed by atoms with Crippen molar-refractivity contribution < 1.29 is 19.7 Å². The number of aromatic nitrogens is 2. The molecule has 1 aromatic heterocycles. The Labute approximate surface area is 108 Å². The molecule has 0 radical (unpaired) electrons. The van der Waals surface area contributed by atoms with Crippen molar-refractivity contribution in [2.24, 2.45) is 13.0 Å². The lowest BCUT2D eigenvalue weighted by Crippen LogP contribution is -2.37. The minimum atomic E-state index is -0.836. The van der Waals surface area contributed by atoms with Crippen LogP contribution in [0, 0.1) is 19.8 Å². The molecule has 5 nitrogen and oxygen atoms in total. The fraction of sp³-hybridized carbons (Fsp3) is 0.692. The monoisotopic (exact) mass is 255 g/mol. The summed E-state index contributed by atoms with van der Waals surface area (Å²) in [5.74, 6) is 0.0352. The van der Waals surface area contributed by atoms with E-state index >= 15 is 0 Å². The minimum absolute atomic E-state index is 0.0372. The number of carboxylic acids is 1. The van der Waals surface area contributed by atoms with E-state index in [1.54, 1.807) is 0 Å².